The number of hydrogen-bond donors (Lipinski definition) is 3. The predicted octanol–water partition coefficient (Wildman–Crippen LogP) is 4.42. The van der Waals surface area contributed by atoms with Gasteiger partial charge in [-0.05, 0) is 50.2 Å². The highest BCUT2D eigenvalue weighted by Crippen LogP contribution is 2.37. The Bertz CT molecular complexity index is 721. The lowest BCUT2D eigenvalue weighted by atomic mass is 9.89. The lowest BCUT2D eigenvalue weighted by Gasteiger charge is -2.20. The number of aliphatic hydroxyl groups excluding tert-OH is 2. The number of hydrogen-bond acceptors (Lipinski definition) is 3. The number of aliphatic hydroxyl groups is 2. The summed E-state index contributed by atoms with van der Waals surface area (Å²) in [5.74, 6) is -3.74. The molecule has 1 aliphatic rings. The molecule has 1 aromatic rings. The van der Waals surface area contributed by atoms with Crippen molar-refractivity contribution in [3.63, 3.8) is 0 Å². The highest BCUT2D eigenvalue weighted by Gasteiger charge is 2.40. The summed E-state index contributed by atoms with van der Waals surface area (Å²) in [6.07, 6.45) is 7.21. The van der Waals surface area contributed by atoms with E-state index in [1.165, 1.54) is 6.08 Å². The zero-order chi connectivity index (χ0) is 22.7. The summed E-state index contributed by atoms with van der Waals surface area (Å²) < 4.78 is 28.7. The third-order valence-electron chi connectivity index (χ3n) is 5.79. The van der Waals surface area contributed by atoms with Crippen LogP contribution in [0.25, 0.3) is 0 Å². The number of halogens is 2. The van der Waals surface area contributed by atoms with Crippen molar-refractivity contribution in [1.29, 1.82) is 0 Å². The summed E-state index contributed by atoms with van der Waals surface area (Å²) in [6.45, 7) is 2.50. The van der Waals surface area contributed by atoms with Gasteiger partial charge in [-0.25, -0.2) is 8.78 Å². The summed E-state index contributed by atoms with van der Waals surface area (Å²) in [5.41, 5.74) is 0.863. The van der Waals surface area contributed by atoms with Gasteiger partial charge in [0.1, 0.15) is 0 Å². The number of unbranched alkanes of at least 4 members (excludes halogenated alkanes) is 1. The third kappa shape index (κ3) is 8.91. The number of allylic oxidation sites excluding steroid dienone is 3. The highest BCUT2D eigenvalue weighted by atomic mass is 19.3. The van der Waals surface area contributed by atoms with E-state index >= 15 is 0 Å². The molecule has 4 atom stereocenters. The van der Waals surface area contributed by atoms with E-state index in [-0.39, 0.29) is 31.1 Å². The first-order valence-corrected chi connectivity index (χ1v) is 11.2. The van der Waals surface area contributed by atoms with Crippen molar-refractivity contribution in [2.24, 2.45) is 11.8 Å². The molecular formula is C25H35F2NO3. The van der Waals surface area contributed by atoms with Crippen molar-refractivity contribution in [3.05, 3.63) is 60.2 Å². The molecule has 172 valence electrons. The van der Waals surface area contributed by atoms with E-state index in [9.17, 15) is 23.8 Å². The largest absolute Gasteiger partial charge is 0.393 e. The van der Waals surface area contributed by atoms with Gasteiger partial charge >= 0.3 is 0 Å². The van der Waals surface area contributed by atoms with Gasteiger partial charge in [0.2, 0.25) is 5.91 Å². The van der Waals surface area contributed by atoms with Gasteiger partial charge in [0.15, 0.2) is 0 Å². The smallest absolute Gasteiger partial charge is 0.266 e. The number of carbonyl (C=O) groups is 1. The second-order valence-electron chi connectivity index (χ2n) is 8.27. The second-order valence-corrected chi connectivity index (χ2v) is 8.27. The first-order valence-electron chi connectivity index (χ1n) is 11.2. The fraction of sp³-hybridized carbons (Fsp3) is 0.560. The molecule has 4 nitrogen and oxygen atoms in total. The average molecular weight is 436 g/mol. The maximum absolute atomic E-state index is 14.3. The minimum absolute atomic E-state index is 0.0311. The monoisotopic (exact) mass is 435 g/mol. The SMILES string of the molecule is CCNC(=O)CCCC=CCC1C(O)CC(O)C1C=CC(F)(F)CCc1ccccc1. The Morgan fingerprint density at radius 2 is 1.94 bits per heavy atom. The average Bonchev–Trinajstić information content (AvgIpc) is 3.01. The molecule has 1 aliphatic carbocycles. The number of amides is 1. The quantitative estimate of drug-likeness (QED) is 0.336. The van der Waals surface area contributed by atoms with Crippen LogP contribution in [0.3, 0.4) is 0 Å². The molecule has 3 N–H and O–H groups in total. The number of aryl methyl sites for hydroxylation is 1. The Labute approximate surface area is 184 Å². The van der Waals surface area contributed by atoms with Crippen molar-refractivity contribution >= 4 is 5.91 Å². The van der Waals surface area contributed by atoms with Crippen LogP contribution in [0.15, 0.2) is 54.6 Å². The van der Waals surface area contributed by atoms with E-state index < -0.39 is 24.0 Å². The summed E-state index contributed by atoms with van der Waals surface area (Å²) >= 11 is 0. The first kappa shape index (κ1) is 25.2. The van der Waals surface area contributed by atoms with Crippen LogP contribution in [0.1, 0.15) is 51.0 Å². The van der Waals surface area contributed by atoms with Crippen molar-refractivity contribution in [2.75, 3.05) is 6.54 Å². The van der Waals surface area contributed by atoms with Gasteiger partial charge in [-0.15, -0.1) is 0 Å². The zero-order valence-corrected chi connectivity index (χ0v) is 18.2. The minimum atomic E-state index is -2.97. The Morgan fingerprint density at radius 1 is 1.19 bits per heavy atom. The van der Waals surface area contributed by atoms with Gasteiger partial charge < -0.3 is 15.5 Å². The van der Waals surface area contributed by atoms with Crippen molar-refractivity contribution in [3.8, 4) is 0 Å². The Hall–Kier alpha value is -2.05. The van der Waals surface area contributed by atoms with E-state index in [2.05, 4.69) is 5.32 Å². The van der Waals surface area contributed by atoms with Crippen LogP contribution < -0.4 is 5.32 Å². The molecule has 4 unspecified atom stereocenters. The Kier molecular flexibility index (Phi) is 10.3. The van der Waals surface area contributed by atoms with Crippen LogP contribution in [-0.2, 0) is 11.2 Å². The van der Waals surface area contributed by atoms with Crippen molar-refractivity contribution < 1.29 is 23.8 Å². The minimum Gasteiger partial charge on any atom is -0.393 e. The molecule has 2 rings (SSSR count). The second kappa shape index (κ2) is 12.7. The molecule has 0 heterocycles. The molecule has 1 saturated carbocycles. The molecular weight excluding hydrogens is 400 g/mol. The lowest BCUT2D eigenvalue weighted by molar-refractivity contribution is -0.121. The van der Waals surface area contributed by atoms with E-state index in [4.69, 9.17) is 0 Å². The van der Waals surface area contributed by atoms with Crippen LogP contribution >= 0.6 is 0 Å². The fourth-order valence-electron chi connectivity index (χ4n) is 4.03. The van der Waals surface area contributed by atoms with Gasteiger partial charge in [-0.3, -0.25) is 4.79 Å². The standard InChI is InChI=1S/C25H35F2NO3/c1-2-28-24(31)13-9-4-3-8-12-20-21(23(30)18-22(20)29)15-17-25(26,27)16-14-19-10-6-5-7-11-19/h3,5-8,10-11,15,17,20-23,29-30H,2,4,9,12-14,16,18H2,1H3,(H,28,31). The molecule has 0 saturated heterocycles. The van der Waals surface area contributed by atoms with Gasteiger partial charge in [0.25, 0.3) is 5.92 Å². The molecule has 6 heteroatoms. The number of carbonyl (C=O) groups excluding carboxylic acids is 1. The maximum Gasteiger partial charge on any atom is 0.266 e. The number of rotatable bonds is 12. The lowest BCUT2D eigenvalue weighted by Crippen LogP contribution is -2.22. The van der Waals surface area contributed by atoms with Crippen LogP contribution in [0.5, 0.6) is 0 Å². The normalized spacial score (nSPS) is 24.3. The van der Waals surface area contributed by atoms with Gasteiger partial charge in [0, 0.05) is 31.7 Å². The van der Waals surface area contributed by atoms with Crippen LogP contribution in [0.4, 0.5) is 8.78 Å². The topological polar surface area (TPSA) is 69.6 Å². The zero-order valence-electron chi connectivity index (χ0n) is 18.2. The molecule has 31 heavy (non-hydrogen) atoms. The van der Waals surface area contributed by atoms with E-state index in [0.717, 1.165) is 24.5 Å². The predicted molar refractivity (Wildman–Crippen MR) is 119 cm³/mol. The van der Waals surface area contributed by atoms with Crippen molar-refractivity contribution in [2.45, 2.75) is 70.0 Å². The van der Waals surface area contributed by atoms with Gasteiger partial charge in [-0.2, -0.15) is 0 Å². The van der Waals surface area contributed by atoms with Crippen LogP contribution in [0, 0.1) is 11.8 Å². The molecule has 1 aromatic carbocycles. The number of nitrogens with one attached hydrogen (secondary N) is 1. The summed E-state index contributed by atoms with van der Waals surface area (Å²) in [4.78, 5) is 11.4. The molecule has 0 aromatic heterocycles. The highest BCUT2D eigenvalue weighted by molar-refractivity contribution is 5.75. The van der Waals surface area contributed by atoms with Crippen LogP contribution in [-0.4, -0.2) is 40.8 Å². The Balaban J connectivity index is 1.84. The molecule has 1 fully saturated rings. The number of alkyl halides is 2. The first-order chi connectivity index (χ1) is 14.8. The van der Waals surface area contributed by atoms with Gasteiger partial charge in [0.05, 0.1) is 12.2 Å². The molecule has 0 spiro atoms. The molecule has 0 bridgehead atoms. The summed E-state index contributed by atoms with van der Waals surface area (Å²) in [6, 6.07) is 9.17. The maximum atomic E-state index is 14.3. The third-order valence-corrected chi connectivity index (χ3v) is 5.79. The van der Waals surface area contributed by atoms with Crippen LogP contribution in [0.2, 0.25) is 0 Å². The van der Waals surface area contributed by atoms with Gasteiger partial charge in [-0.1, -0.05) is 48.6 Å². The van der Waals surface area contributed by atoms with E-state index in [0.29, 0.717) is 19.4 Å². The molecule has 1 amide bonds. The van der Waals surface area contributed by atoms with E-state index in [1.807, 2.05) is 49.4 Å². The molecule has 0 radical (unpaired) electrons. The summed E-state index contributed by atoms with van der Waals surface area (Å²) in [7, 11) is 0. The fourth-order valence-corrected chi connectivity index (χ4v) is 4.03. The van der Waals surface area contributed by atoms with Crippen molar-refractivity contribution in [1.82, 2.24) is 5.32 Å². The number of benzene rings is 1. The summed E-state index contributed by atoms with van der Waals surface area (Å²) in [5, 5.41) is 23.3. The Morgan fingerprint density at radius 3 is 2.65 bits per heavy atom. The molecule has 0 aliphatic heterocycles. The van der Waals surface area contributed by atoms with E-state index in [1.54, 1.807) is 0 Å².